The van der Waals surface area contributed by atoms with Gasteiger partial charge in [0.1, 0.15) is 4.90 Å². The predicted molar refractivity (Wildman–Crippen MR) is 66.9 cm³/mol. The summed E-state index contributed by atoms with van der Waals surface area (Å²) in [5.41, 5.74) is 0. The fourth-order valence-electron chi connectivity index (χ4n) is 1.03. The Morgan fingerprint density at radius 3 is 2.17 bits per heavy atom. The molecule has 0 saturated carbocycles. The van der Waals surface area contributed by atoms with Gasteiger partial charge in [-0.2, -0.15) is 5.10 Å². The Morgan fingerprint density at radius 1 is 1.28 bits per heavy atom. The van der Waals surface area contributed by atoms with Crippen molar-refractivity contribution in [1.82, 2.24) is 9.78 Å². The van der Waals surface area contributed by atoms with Crippen molar-refractivity contribution in [3.05, 3.63) is 6.20 Å². The molecule has 0 aliphatic carbocycles. The van der Waals surface area contributed by atoms with E-state index < -0.39 is 24.8 Å². The number of primary sulfonamides is 1. The van der Waals surface area contributed by atoms with Gasteiger partial charge in [-0.1, -0.05) is 0 Å². The Bertz CT molecular complexity index is 652. The van der Waals surface area contributed by atoms with Crippen molar-refractivity contribution in [2.45, 2.75) is 30.4 Å². The number of hydrogen-bond acceptors (Lipinski definition) is 5. The summed E-state index contributed by atoms with van der Waals surface area (Å²) in [4.78, 5) is -0.363. The van der Waals surface area contributed by atoms with Crippen LogP contribution < -0.4 is 9.86 Å². The highest BCUT2D eigenvalue weighted by molar-refractivity contribution is 7.94. The van der Waals surface area contributed by atoms with Crippen molar-refractivity contribution < 1.29 is 16.8 Å². The first-order valence-corrected chi connectivity index (χ1v) is 7.96. The molecule has 18 heavy (non-hydrogen) atoms. The molecule has 1 rings (SSSR count). The maximum absolute atomic E-state index is 11.9. The van der Waals surface area contributed by atoms with Crippen LogP contribution in [0.3, 0.4) is 0 Å². The Balaban J connectivity index is 3.31. The minimum Gasteiger partial charge on any atom is -0.272 e. The van der Waals surface area contributed by atoms with E-state index in [1.54, 1.807) is 0 Å². The molecule has 0 amide bonds. The third-order valence-corrected chi connectivity index (χ3v) is 5.13. The molecule has 0 aliphatic heterocycles. The summed E-state index contributed by atoms with van der Waals surface area (Å²) in [5.74, 6) is -0.296. The van der Waals surface area contributed by atoms with Gasteiger partial charge in [-0.15, -0.1) is 0 Å². The van der Waals surface area contributed by atoms with E-state index in [1.807, 2.05) is 0 Å². The highest BCUT2D eigenvalue weighted by atomic mass is 32.2. The van der Waals surface area contributed by atoms with Crippen LogP contribution in [0.5, 0.6) is 0 Å². The largest absolute Gasteiger partial charge is 0.272 e. The van der Waals surface area contributed by atoms with E-state index in [1.165, 1.54) is 32.5 Å². The summed E-state index contributed by atoms with van der Waals surface area (Å²) in [5, 5.41) is 8.73. The predicted octanol–water partition coefficient (Wildman–Crippen LogP) is -0.392. The molecular formula is C8H16N4O4S2. The smallest absolute Gasteiger partial charge is 0.243 e. The van der Waals surface area contributed by atoms with Crippen molar-refractivity contribution in [2.24, 2.45) is 12.2 Å². The Morgan fingerprint density at radius 2 is 1.78 bits per heavy atom. The highest BCUT2D eigenvalue weighted by Gasteiger charge is 2.31. The fourth-order valence-corrected chi connectivity index (χ4v) is 2.46. The van der Waals surface area contributed by atoms with E-state index in [0.29, 0.717) is 0 Å². The zero-order chi connectivity index (χ0) is 14.4. The molecule has 0 aromatic carbocycles. The van der Waals surface area contributed by atoms with Gasteiger partial charge in [0.25, 0.3) is 0 Å². The van der Waals surface area contributed by atoms with Crippen molar-refractivity contribution in [2.75, 3.05) is 4.72 Å². The van der Waals surface area contributed by atoms with Gasteiger partial charge in [0, 0.05) is 13.2 Å². The SMILES string of the molecule is Cn1cc(S(N)(=O)=O)c(NS(=O)(=O)C(C)(C)C)n1. The fraction of sp³-hybridized carbons (Fsp3) is 0.625. The standard InChI is InChI=1S/C8H16N4O4S2/c1-8(2,3)18(15,16)11-7-6(17(9,13)14)5-12(4)10-7/h5H,1-4H3,(H,10,11)(H2,9,13,14). The number of nitrogens with one attached hydrogen (secondary N) is 1. The number of sulfonamides is 2. The molecule has 8 nitrogen and oxygen atoms in total. The maximum Gasteiger partial charge on any atom is 0.243 e. The molecule has 0 bridgehead atoms. The Kier molecular flexibility index (Phi) is 3.49. The second-order valence-corrected chi connectivity index (χ2v) is 8.74. The molecule has 0 spiro atoms. The third kappa shape index (κ3) is 3.00. The molecule has 3 N–H and O–H groups in total. The number of nitrogens with zero attached hydrogens (tertiary/aromatic N) is 2. The van der Waals surface area contributed by atoms with Crippen LogP contribution in [0, 0.1) is 0 Å². The van der Waals surface area contributed by atoms with Crippen LogP contribution in [-0.4, -0.2) is 31.4 Å². The number of nitrogens with two attached hydrogens (primary N) is 1. The lowest BCUT2D eigenvalue weighted by Gasteiger charge is -2.19. The molecule has 0 radical (unpaired) electrons. The number of hydrogen-bond donors (Lipinski definition) is 2. The molecule has 1 aromatic heterocycles. The van der Waals surface area contributed by atoms with Gasteiger partial charge >= 0.3 is 0 Å². The van der Waals surface area contributed by atoms with Crippen molar-refractivity contribution in [3.8, 4) is 0 Å². The van der Waals surface area contributed by atoms with E-state index in [9.17, 15) is 16.8 Å². The second-order valence-electron chi connectivity index (χ2n) is 4.78. The van der Waals surface area contributed by atoms with Crippen LogP contribution in [0.1, 0.15) is 20.8 Å². The van der Waals surface area contributed by atoms with Crippen LogP contribution in [0.25, 0.3) is 0 Å². The van der Waals surface area contributed by atoms with Gasteiger partial charge in [-0.3, -0.25) is 9.40 Å². The minimum absolute atomic E-state index is 0.296. The summed E-state index contributed by atoms with van der Waals surface area (Å²) in [6.07, 6.45) is 1.13. The molecule has 0 fully saturated rings. The van der Waals surface area contributed by atoms with E-state index in [4.69, 9.17) is 5.14 Å². The van der Waals surface area contributed by atoms with Crippen molar-refractivity contribution in [3.63, 3.8) is 0 Å². The molecule has 0 saturated heterocycles. The quantitative estimate of drug-likeness (QED) is 0.786. The summed E-state index contributed by atoms with van der Waals surface area (Å²) < 4.78 is 48.6. The van der Waals surface area contributed by atoms with Gasteiger partial charge in [0.15, 0.2) is 5.82 Å². The average molecular weight is 296 g/mol. The Hall–Kier alpha value is -1.13. The van der Waals surface area contributed by atoms with E-state index in [2.05, 4.69) is 9.82 Å². The van der Waals surface area contributed by atoms with Crippen LogP contribution in [0.4, 0.5) is 5.82 Å². The topological polar surface area (TPSA) is 124 Å². The van der Waals surface area contributed by atoms with Gasteiger partial charge in [0.05, 0.1) is 4.75 Å². The zero-order valence-electron chi connectivity index (χ0n) is 10.5. The van der Waals surface area contributed by atoms with Crippen LogP contribution in [0.15, 0.2) is 11.1 Å². The molecule has 0 unspecified atom stereocenters. The molecule has 0 atom stereocenters. The molecule has 1 aromatic rings. The highest BCUT2D eigenvalue weighted by Crippen LogP contribution is 2.23. The molecule has 0 aliphatic rings. The van der Waals surface area contributed by atoms with Gasteiger partial charge in [0.2, 0.25) is 20.0 Å². The summed E-state index contributed by atoms with van der Waals surface area (Å²) >= 11 is 0. The summed E-state index contributed by atoms with van der Waals surface area (Å²) in [7, 11) is -6.34. The van der Waals surface area contributed by atoms with Gasteiger partial charge in [-0.05, 0) is 20.8 Å². The number of aromatic nitrogens is 2. The average Bonchev–Trinajstić information content (AvgIpc) is 2.42. The van der Waals surface area contributed by atoms with E-state index in [-0.39, 0.29) is 10.7 Å². The minimum atomic E-state index is -4.04. The first-order valence-electron chi connectivity index (χ1n) is 4.93. The summed E-state index contributed by atoms with van der Waals surface area (Å²) in [6.45, 7) is 4.44. The number of rotatable bonds is 3. The van der Waals surface area contributed by atoms with E-state index in [0.717, 1.165) is 6.20 Å². The van der Waals surface area contributed by atoms with Gasteiger partial charge < -0.3 is 0 Å². The molecular weight excluding hydrogens is 280 g/mol. The Labute approximate surface area is 106 Å². The molecule has 10 heteroatoms. The molecule has 104 valence electrons. The van der Waals surface area contributed by atoms with E-state index >= 15 is 0 Å². The van der Waals surface area contributed by atoms with Gasteiger partial charge in [-0.25, -0.2) is 22.0 Å². The summed E-state index contributed by atoms with van der Waals surface area (Å²) in [6, 6.07) is 0. The molecule has 1 heterocycles. The van der Waals surface area contributed by atoms with Crippen LogP contribution in [-0.2, 0) is 27.1 Å². The van der Waals surface area contributed by atoms with Crippen molar-refractivity contribution >= 4 is 25.9 Å². The van der Waals surface area contributed by atoms with Crippen LogP contribution in [0.2, 0.25) is 0 Å². The first-order chi connectivity index (χ1) is 7.84. The third-order valence-electron chi connectivity index (χ3n) is 2.14. The number of anilines is 1. The second kappa shape index (κ2) is 4.21. The van der Waals surface area contributed by atoms with Crippen molar-refractivity contribution in [1.29, 1.82) is 0 Å². The first kappa shape index (κ1) is 14.9. The van der Waals surface area contributed by atoms with Crippen LogP contribution >= 0.6 is 0 Å². The lowest BCUT2D eigenvalue weighted by molar-refractivity contribution is 0.565. The maximum atomic E-state index is 11.9. The lowest BCUT2D eigenvalue weighted by Crippen LogP contribution is -2.34. The zero-order valence-corrected chi connectivity index (χ0v) is 12.1. The monoisotopic (exact) mass is 296 g/mol. The normalized spacial score (nSPS) is 13.6. The lowest BCUT2D eigenvalue weighted by atomic mass is 10.3. The number of aryl methyl sites for hydroxylation is 1.